The highest BCUT2D eigenvalue weighted by atomic mass is 79.9. The Morgan fingerprint density at radius 3 is 2.83 bits per heavy atom. The van der Waals surface area contributed by atoms with Crippen LogP contribution in [0, 0.1) is 0 Å². The Morgan fingerprint density at radius 1 is 1.61 bits per heavy atom. The Kier molecular flexibility index (Phi) is 4.96. The van der Waals surface area contributed by atoms with Crippen molar-refractivity contribution in [2.75, 3.05) is 0 Å². The Morgan fingerprint density at radius 2 is 2.28 bits per heavy atom. The fourth-order valence-electron chi connectivity index (χ4n) is 1.38. The van der Waals surface area contributed by atoms with Gasteiger partial charge in [0.2, 0.25) is 0 Å². The first-order valence-electron chi connectivity index (χ1n) is 5.26. The van der Waals surface area contributed by atoms with Gasteiger partial charge >= 0.3 is 0 Å². The number of halogens is 1. The van der Waals surface area contributed by atoms with E-state index >= 15 is 0 Å². The van der Waals surface area contributed by atoms with Crippen molar-refractivity contribution >= 4 is 27.7 Å². The van der Waals surface area contributed by atoms with Crippen molar-refractivity contribution in [1.82, 2.24) is 5.32 Å². The third kappa shape index (κ3) is 3.36. The SMILES string of the molecule is CCC(NC(=O)c1cc(Br)ccc1O)/C(N)=N/O. The molecule has 0 aromatic heterocycles. The van der Waals surface area contributed by atoms with Gasteiger partial charge in [0.25, 0.3) is 5.91 Å². The first kappa shape index (κ1) is 14.3. The molecule has 18 heavy (non-hydrogen) atoms. The molecule has 0 saturated carbocycles. The van der Waals surface area contributed by atoms with E-state index < -0.39 is 11.9 Å². The lowest BCUT2D eigenvalue weighted by atomic mass is 10.1. The number of hydrogen-bond donors (Lipinski definition) is 4. The van der Waals surface area contributed by atoms with Crippen LogP contribution in [0.1, 0.15) is 23.7 Å². The maximum Gasteiger partial charge on any atom is 0.255 e. The molecule has 1 atom stereocenters. The van der Waals surface area contributed by atoms with Crippen LogP contribution in [-0.2, 0) is 0 Å². The second-order valence-corrected chi connectivity index (χ2v) is 4.54. The van der Waals surface area contributed by atoms with E-state index in [4.69, 9.17) is 10.9 Å². The molecule has 0 heterocycles. The second-order valence-electron chi connectivity index (χ2n) is 3.62. The number of oxime groups is 1. The predicted octanol–water partition coefficient (Wildman–Crippen LogP) is 1.41. The summed E-state index contributed by atoms with van der Waals surface area (Å²) in [5, 5.41) is 23.6. The van der Waals surface area contributed by atoms with Crippen LogP contribution >= 0.6 is 15.9 Å². The summed E-state index contributed by atoms with van der Waals surface area (Å²) < 4.78 is 0.669. The minimum absolute atomic E-state index is 0.0830. The molecule has 0 aliphatic rings. The molecular formula is C11H14BrN3O3. The zero-order valence-electron chi connectivity index (χ0n) is 9.72. The number of aromatic hydroxyl groups is 1. The Balaban J connectivity index is 2.91. The van der Waals surface area contributed by atoms with Gasteiger partial charge in [0.1, 0.15) is 5.75 Å². The normalized spacial score (nSPS) is 13.1. The molecule has 0 aliphatic carbocycles. The number of amidine groups is 1. The molecule has 0 radical (unpaired) electrons. The fraction of sp³-hybridized carbons (Fsp3) is 0.273. The predicted molar refractivity (Wildman–Crippen MR) is 70.8 cm³/mol. The zero-order valence-corrected chi connectivity index (χ0v) is 11.3. The van der Waals surface area contributed by atoms with Crippen molar-refractivity contribution in [3.63, 3.8) is 0 Å². The molecule has 5 N–H and O–H groups in total. The van der Waals surface area contributed by atoms with Crippen LogP contribution in [-0.4, -0.2) is 28.1 Å². The van der Waals surface area contributed by atoms with Gasteiger partial charge in [-0.25, -0.2) is 0 Å². The molecule has 1 rings (SSSR count). The number of carbonyl (C=O) groups is 1. The van der Waals surface area contributed by atoms with Gasteiger partial charge < -0.3 is 21.4 Å². The molecule has 0 spiro atoms. The molecule has 1 unspecified atom stereocenters. The maximum atomic E-state index is 11.9. The van der Waals surface area contributed by atoms with Gasteiger partial charge in [0.15, 0.2) is 5.84 Å². The Hall–Kier alpha value is -1.76. The highest BCUT2D eigenvalue weighted by Gasteiger charge is 2.18. The van der Waals surface area contributed by atoms with E-state index in [1.165, 1.54) is 12.1 Å². The highest BCUT2D eigenvalue weighted by molar-refractivity contribution is 9.10. The number of phenolic OH excluding ortho intramolecular Hbond substituents is 1. The summed E-state index contributed by atoms with van der Waals surface area (Å²) in [6, 6.07) is 3.93. The van der Waals surface area contributed by atoms with Gasteiger partial charge in [-0.1, -0.05) is 28.0 Å². The van der Waals surface area contributed by atoms with Crippen molar-refractivity contribution in [1.29, 1.82) is 0 Å². The van der Waals surface area contributed by atoms with E-state index in [1.807, 2.05) is 0 Å². The number of carbonyl (C=O) groups excluding carboxylic acids is 1. The second kappa shape index (κ2) is 6.25. The molecule has 0 fully saturated rings. The van der Waals surface area contributed by atoms with Crippen molar-refractivity contribution in [3.8, 4) is 5.75 Å². The van der Waals surface area contributed by atoms with Crippen LogP contribution in [0.25, 0.3) is 0 Å². The Bertz CT molecular complexity index is 477. The lowest BCUT2D eigenvalue weighted by molar-refractivity contribution is 0.0943. The van der Waals surface area contributed by atoms with Crippen LogP contribution < -0.4 is 11.1 Å². The molecule has 1 aromatic rings. The third-order valence-corrected chi connectivity index (χ3v) is 2.88. The highest BCUT2D eigenvalue weighted by Crippen LogP contribution is 2.21. The minimum Gasteiger partial charge on any atom is -0.507 e. The van der Waals surface area contributed by atoms with Gasteiger partial charge in [-0.05, 0) is 24.6 Å². The van der Waals surface area contributed by atoms with Gasteiger partial charge in [0.05, 0.1) is 11.6 Å². The molecular weight excluding hydrogens is 302 g/mol. The molecule has 1 aromatic carbocycles. The quantitative estimate of drug-likeness (QED) is 0.291. The van der Waals surface area contributed by atoms with E-state index in [0.29, 0.717) is 10.9 Å². The maximum absolute atomic E-state index is 11.9. The molecule has 0 saturated heterocycles. The summed E-state index contributed by atoms with van der Waals surface area (Å²) >= 11 is 3.21. The van der Waals surface area contributed by atoms with Crippen LogP contribution in [0.2, 0.25) is 0 Å². The van der Waals surface area contributed by atoms with Crippen LogP contribution in [0.5, 0.6) is 5.75 Å². The van der Waals surface area contributed by atoms with Crippen molar-refractivity contribution < 1.29 is 15.1 Å². The summed E-state index contributed by atoms with van der Waals surface area (Å²) in [6.45, 7) is 1.78. The number of hydrogen-bond acceptors (Lipinski definition) is 4. The van der Waals surface area contributed by atoms with E-state index in [0.717, 1.165) is 0 Å². The summed E-state index contributed by atoms with van der Waals surface area (Å²) in [7, 11) is 0. The third-order valence-electron chi connectivity index (χ3n) is 2.39. The zero-order chi connectivity index (χ0) is 13.7. The minimum atomic E-state index is -0.583. The number of nitrogens with two attached hydrogens (primary N) is 1. The van der Waals surface area contributed by atoms with Crippen LogP contribution in [0.15, 0.2) is 27.8 Å². The Labute approximate surface area is 113 Å². The largest absolute Gasteiger partial charge is 0.507 e. The number of nitrogens with one attached hydrogen (secondary N) is 1. The lowest BCUT2D eigenvalue weighted by Gasteiger charge is -2.15. The molecule has 0 aliphatic heterocycles. The average molecular weight is 316 g/mol. The van der Waals surface area contributed by atoms with Crippen molar-refractivity contribution in [2.24, 2.45) is 10.9 Å². The summed E-state index contributed by atoms with van der Waals surface area (Å²) in [5.41, 5.74) is 5.55. The number of amides is 1. The number of phenols is 1. The molecule has 6 nitrogen and oxygen atoms in total. The first-order valence-corrected chi connectivity index (χ1v) is 6.05. The number of rotatable bonds is 4. The van der Waals surface area contributed by atoms with Gasteiger partial charge in [0, 0.05) is 4.47 Å². The van der Waals surface area contributed by atoms with E-state index in [1.54, 1.807) is 13.0 Å². The first-order chi connectivity index (χ1) is 8.49. The van der Waals surface area contributed by atoms with Gasteiger partial charge in [-0.15, -0.1) is 0 Å². The van der Waals surface area contributed by atoms with E-state index in [-0.39, 0.29) is 17.1 Å². The average Bonchev–Trinajstić information content (AvgIpc) is 2.37. The van der Waals surface area contributed by atoms with Crippen molar-refractivity contribution in [3.05, 3.63) is 28.2 Å². The molecule has 7 heteroatoms. The summed E-state index contributed by atoms with van der Waals surface area (Å²) in [5.74, 6) is -0.711. The number of benzene rings is 1. The lowest BCUT2D eigenvalue weighted by Crippen LogP contribution is -2.44. The summed E-state index contributed by atoms with van der Waals surface area (Å²) in [4.78, 5) is 11.9. The molecule has 1 amide bonds. The number of nitrogens with zero attached hydrogens (tertiary/aromatic N) is 1. The van der Waals surface area contributed by atoms with E-state index in [9.17, 15) is 9.90 Å². The van der Waals surface area contributed by atoms with Crippen molar-refractivity contribution in [2.45, 2.75) is 19.4 Å². The summed E-state index contributed by atoms with van der Waals surface area (Å²) in [6.07, 6.45) is 0.469. The molecule has 98 valence electrons. The smallest absolute Gasteiger partial charge is 0.255 e. The fourth-order valence-corrected chi connectivity index (χ4v) is 1.74. The standard InChI is InChI=1S/C11H14BrN3O3/c1-2-8(10(13)15-18)14-11(17)7-5-6(12)3-4-9(7)16/h3-5,8,16,18H,2H2,1H3,(H2,13,15)(H,14,17). The molecule has 0 bridgehead atoms. The van der Waals surface area contributed by atoms with E-state index in [2.05, 4.69) is 26.4 Å². The van der Waals surface area contributed by atoms with Gasteiger partial charge in [-0.2, -0.15) is 0 Å². The van der Waals surface area contributed by atoms with Crippen LogP contribution in [0.3, 0.4) is 0 Å². The topological polar surface area (TPSA) is 108 Å². The van der Waals surface area contributed by atoms with Crippen LogP contribution in [0.4, 0.5) is 0 Å². The monoisotopic (exact) mass is 315 g/mol. The van der Waals surface area contributed by atoms with Gasteiger partial charge in [-0.3, -0.25) is 4.79 Å².